The van der Waals surface area contributed by atoms with Crippen molar-refractivity contribution in [3.05, 3.63) is 45.9 Å². The fraction of sp³-hybridized carbons (Fsp3) is 0.400. The Balaban J connectivity index is 2.12. The Bertz CT molecular complexity index is 527. The van der Waals surface area contributed by atoms with E-state index in [0.717, 1.165) is 17.9 Å². The van der Waals surface area contributed by atoms with Crippen LogP contribution in [0.2, 0.25) is 0 Å². The van der Waals surface area contributed by atoms with Crippen molar-refractivity contribution in [2.24, 2.45) is 5.73 Å². The van der Waals surface area contributed by atoms with Crippen LogP contribution in [0, 0.1) is 0 Å². The minimum atomic E-state index is -0.293. The van der Waals surface area contributed by atoms with Crippen LogP contribution in [0.25, 0.3) is 0 Å². The normalized spacial score (nSPS) is 11.8. The molecule has 0 aliphatic heterocycles. The van der Waals surface area contributed by atoms with Crippen LogP contribution in [0.3, 0.4) is 0 Å². The molecule has 0 saturated heterocycles. The first-order valence-corrected chi connectivity index (χ1v) is 8.26. The number of aryl methyl sites for hydroxylation is 1. The van der Waals surface area contributed by atoms with Crippen LogP contribution < -0.4 is 5.73 Å². The molecule has 0 amide bonds. The van der Waals surface area contributed by atoms with Gasteiger partial charge in [-0.1, -0.05) is 25.1 Å². The molecule has 4 heteroatoms. The van der Waals surface area contributed by atoms with E-state index in [4.69, 9.17) is 10.7 Å². The SMILES string of the molecule is CCc1nc(CSc2ccccc2)sc1C(C)(C)N. The van der Waals surface area contributed by atoms with Gasteiger partial charge < -0.3 is 5.73 Å². The van der Waals surface area contributed by atoms with Gasteiger partial charge in [0.2, 0.25) is 0 Å². The lowest BCUT2D eigenvalue weighted by atomic mass is 10.0. The maximum atomic E-state index is 6.22. The molecule has 102 valence electrons. The molecule has 1 aromatic heterocycles. The van der Waals surface area contributed by atoms with E-state index >= 15 is 0 Å². The standard InChI is InChI=1S/C15H20N2S2/c1-4-12-14(15(2,3)16)19-13(17-12)10-18-11-8-6-5-7-9-11/h5-9H,4,10,16H2,1-3H3. The maximum absolute atomic E-state index is 6.22. The highest BCUT2D eigenvalue weighted by atomic mass is 32.2. The van der Waals surface area contributed by atoms with Crippen molar-refractivity contribution < 1.29 is 0 Å². The monoisotopic (exact) mass is 292 g/mol. The number of thiazole rings is 1. The number of nitrogens with two attached hydrogens (primary N) is 1. The van der Waals surface area contributed by atoms with Crippen molar-refractivity contribution in [2.75, 3.05) is 0 Å². The van der Waals surface area contributed by atoms with Gasteiger partial charge in [-0.05, 0) is 32.4 Å². The van der Waals surface area contributed by atoms with Crippen molar-refractivity contribution in [2.45, 2.75) is 43.4 Å². The molecule has 2 rings (SSSR count). The summed E-state index contributed by atoms with van der Waals surface area (Å²) in [5, 5.41) is 1.17. The summed E-state index contributed by atoms with van der Waals surface area (Å²) in [6.07, 6.45) is 0.947. The third-order valence-corrected chi connectivity index (χ3v) is 5.41. The van der Waals surface area contributed by atoms with Crippen molar-refractivity contribution >= 4 is 23.1 Å². The molecule has 0 aliphatic carbocycles. The Morgan fingerprint density at radius 3 is 2.47 bits per heavy atom. The zero-order chi connectivity index (χ0) is 13.9. The first-order chi connectivity index (χ1) is 9.00. The number of hydrogen-bond donors (Lipinski definition) is 1. The fourth-order valence-corrected chi connectivity index (χ4v) is 3.95. The van der Waals surface area contributed by atoms with Crippen LogP contribution >= 0.6 is 23.1 Å². The highest BCUT2D eigenvalue weighted by molar-refractivity contribution is 7.98. The van der Waals surface area contributed by atoms with Gasteiger partial charge in [0.25, 0.3) is 0 Å². The van der Waals surface area contributed by atoms with E-state index in [2.05, 4.69) is 31.2 Å². The molecule has 0 unspecified atom stereocenters. The molecular weight excluding hydrogens is 272 g/mol. The quantitative estimate of drug-likeness (QED) is 0.840. The Morgan fingerprint density at radius 1 is 1.26 bits per heavy atom. The third-order valence-electron chi connectivity index (χ3n) is 2.77. The second-order valence-corrected chi connectivity index (χ2v) is 7.19. The van der Waals surface area contributed by atoms with Gasteiger partial charge >= 0.3 is 0 Å². The van der Waals surface area contributed by atoms with Crippen LogP contribution in [0.1, 0.15) is 36.3 Å². The first-order valence-electron chi connectivity index (χ1n) is 6.46. The fourth-order valence-electron chi connectivity index (χ4n) is 1.87. The molecule has 2 nitrogen and oxygen atoms in total. The molecule has 0 atom stereocenters. The van der Waals surface area contributed by atoms with Gasteiger partial charge in [-0.2, -0.15) is 0 Å². The molecule has 0 bridgehead atoms. The van der Waals surface area contributed by atoms with Crippen LogP contribution in [0.5, 0.6) is 0 Å². The van der Waals surface area contributed by atoms with E-state index < -0.39 is 0 Å². The van der Waals surface area contributed by atoms with E-state index in [0.29, 0.717) is 0 Å². The van der Waals surface area contributed by atoms with Gasteiger partial charge in [0.15, 0.2) is 0 Å². The van der Waals surface area contributed by atoms with Gasteiger partial charge in [-0.25, -0.2) is 4.98 Å². The van der Waals surface area contributed by atoms with Crippen molar-refractivity contribution in [1.29, 1.82) is 0 Å². The lowest BCUT2D eigenvalue weighted by molar-refractivity contribution is 0.559. The van der Waals surface area contributed by atoms with Crippen LogP contribution in [0.15, 0.2) is 35.2 Å². The number of hydrogen-bond acceptors (Lipinski definition) is 4. The molecule has 2 aromatic rings. The van der Waals surface area contributed by atoms with E-state index in [1.165, 1.54) is 14.8 Å². The third kappa shape index (κ3) is 3.81. The summed E-state index contributed by atoms with van der Waals surface area (Å²) >= 11 is 3.58. The van der Waals surface area contributed by atoms with Crippen molar-refractivity contribution in [3.8, 4) is 0 Å². The molecule has 19 heavy (non-hydrogen) atoms. The minimum Gasteiger partial charge on any atom is -0.321 e. The van der Waals surface area contributed by atoms with Gasteiger partial charge in [0, 0.05) is 15.3 Å². The summed E-state index contributed by atoms with van der Waals surface area (Å²) in [6, 6.07) is 10.4. The summed E-state index contributed by atoms with van der Waals surface area (Å²) in [4.78, 5) is 7.23. The highest BCUT2D eigenvalue weighted by Crippen LogP contribution is 2.32. The Morgan fingerprint density at radius 2 is 1.95 bits per heavy atom. The molecule has 0 spiro atoms. The Kier molecular flexibility index (Phi) is 4.66. The van der Waals surface area contributed by atoms with Gasteiger partial charge in [0.05, 0.1) is 11.4 Å². The summed E-state index contributed by atoms with van der Waals surface area (Å²) in [6.45, 7) is 6.24. The number of nitrogens with zero attached hydrogens (tertiary/aromatic N) is 1. The largest absolute Gasteiger partial charge is 0.321 e. The van der Waals surface area contributed by atoms with Crippen LogP contribution in [-0.4, -0.2) is 4.98 Å². The van der Waals surface area contributed by atoms with E-state index in [1.807, 2.05) is 31.7 Å². The summed E-state index contributed by atoms with van der Waals surface area (Å²) in [5.74, 6) is 0.914. The number of thioether (sulfide) groups is 1. The van der Waals surface area contributed by atoms with E-state index in [-0.39, 0.29) is 5.54 Å². The zero-order valence-corrected chi connectivity index (χ0v) is 13.3. The molecule has 2 N–H and O–H groups in total. The summed E-state index contributed by atoms with van der Waals surface area (Å²) < 4.78 is 0. The van der Waals surface area contributed by atoms with Gasteiger partial charge in [0.1, 0.15) is 5.01 Å². The molecular formula is C15H20N2S2. The number of benzene rings is 1. The highest BCUT2D eigenvalue weighted by Gasteiger charge is 2.22. The summed E-state index contributed by atoms with van der Waals surface area (Å²) in [7, 11) is 0. The lowest BCUT2D eigenvalue weighted by Crippen LogP contribution is -2.28. The second kappa shape index (κ2) is 6.07. The average molecular weight is 292 g/mol. The molecule has 1 aromatic carbocycles. The zero-order valence-electron chi connectivity index (χ0n) is 11.6. The van der Waals surface area contributed by atoms with Crippen LogP contribution in [-0.2, 0) is 17.7 Å². The molecule has 1 heterocycles. The Hall–Kier alpha value is -0.840. The average Bonchev–Trinajstić information content (AvgIpc) is 2.81. The lowest BCUT2D eigenvalue weighted by Gasteiger charge is -2.17. The molecule has 0 radical (unpaired) electrons. The van der Waals surface area contributed by atoms with E-state index in [1.54, 1.807) is 11.3 Å². The number of aromatic nitrogens is 1. The minimum absolute atomic E-state index is 0.293. The number of rotatable bonds is 5. The van der Waals surface area contributed by atoms with Crippen molar-refractivity contribution in [3.63, 3.8) is 0 Å². The topological polar surface area (TPSA) is 38.9 Å². The molecule has 0 fully saturated rings. The second-order valence-electron chi connectivity index (χ2n) is 5.06. The first kappa shape index (κ1) is 14.6. The summed E-state index contributed by atoms with van der Waals surface area (Å²) in [5.41, 5.74) is 7.08. The maximum Gasteiger partial charge on any atom is 0.103 e. The van der Waals surface area contributed by atoms with Crippen molar-refractivity contribution in [1.82, 2.24) is 4.98 Å². The molecule has 0 aliphatic rings. The predicted octanol–water partition coefficient (Wildman–Crippen LogP) is 4.19. The Labute approximate surface area is 123 Å². The predicted molar refractivity (Wildman–Crippen MR) is 84.7 cm³/mol. The van der Waals surface area contributed by atoms with Crippen LogP contribution in [0.4, 0.5) is 0 Å². The molecule has 0 saturated carbocycles. The van der Waals surface area contributed by atoms with E-state index in [9.17, 15) is 0 Å². The van der Waals surface area contributed by atoms with Gasteiger partial charge in [-0.15, -0.1) is 23.1 Å². The van der Waals surface area contributed by atoms with Gasteiger partial charge in [-0.3, -0.25) is 0 Å². The smallest absolute Gasteiger partial charge is 0.103 e.